The zero-order chi connectivity index (χ0) is 18.4. The summed E-state index contributed by atoms with van der Waals surface area (Å²) < 4.78 is 43.4. The largest absolute Gasteiger partial charge is 0.492 e. The Bertz CT molecular complexity index is 725. The van der Waals surface area contributed by atoms with Gasteiger partial charge < -0.3 is 15.4 Å². The number of amides is 2. The quantitative estimate of drug-likeness (QED) is 0.777. The van der Waals surface area contributed by atoms with Gasteiger partial charge in [-0.3, -0.25) is 0 Å². The summed E-state index contributed by atoms with van der Waals surface area (Å²) in [5.41, 5.74) is 1.40. The number of carbonyl (C=O) groups excluding carboxylic acids is 1. The van der Waals surface area contributed by atoms with Crippen LogP contribution in [-0.4, -0.2) is 19.2 Å². The first-order chi connectivity index (χ1) is 11.7. The first-order valence-electron chi connectivity index (χ1n) is 7.67. The number of urea groups is 1. The molecule has 0 aliphatic carbocycles. The van der Waals surface area contributed by atoms with Gasteiger partial charge in [0.05, 0.1) is 12.1 Å². The van der Waals surface area contributed by atoms with Crippen LogP contribution in [0.2, 0.25) is 0 Å². The summed E-state index contributed by atoms with van der Waals surface area (Å²) in [5.74, 6) is 0.706. The Kier molecular flexibility index (Phi) is 5.90. The molecule has 0 saturated carbocycles. The molecular weight excluding hydrogens is 333 g/mol. The molecule has 2 aromatic rings. The van der Waals surface area contributed by atoms with Crippen LogP contribution in [0.1, 0.15) is 16.7 Å². The number of halogens is 3. The molecule has 2 N–H and O–H groups in total. The van der Waals surface area contributed by atoms with E-state index in [2.05, 4.69) is 10.6 Å². The fourth-order valence-electron chi connectivity index (χ4n) is 2.30. The highest BCUT2D eigenvalue weighted by Crippen LogP contribution is 2.30. The van der Waals surface area contributed by atoms with Gasteiger partial charge >= 0.3 is 12.2 Å². The van der Waals surface area contributed by atoms with Crippen LogP contribution in [0.3, 0.4) is 0 Å². The summed E-state index contributed by atoms with van der Waals surface area (Å²) in [4.78, 5) is 11.7. The summed E-state index contributed by atoms with van der Waals surface area (Å²) in [7, 11) is 0. The Labute approximate surface area is 144 Å². The van der Waals surface area contributed by atoms with Crippen molar-refractivity contribution in [3.05, 3.63) is 59.2 Å². The lowest BCUT2D eigenvalue weighted by Gasteiger charge is -2.11. The summed E-state index contributed by atoms with van der Waals surface area (Å²) >= 11 is 0. The lowest BCUT2D eigenvalue weighted by Crippen LogP contribution is -2.32. The van der Waals surface area contributed by atoms with Gasteiger partial charge in [-0.05, 0) is 55.3 Å². The number of anilines is 1. The third-order valence-corrected chi connectivity index (χ3v) is 3.30. The van der Waals surface area contributed by atoms with Crippen molar-refractivity contribution in [1.82, 2.24) is 5.32 Å². The minimum absolute atomic E-state index is 0.0718. The van der Waals surface area contributed by atoms with E-state index in [1.807, 2.05) is 32.0 Å². The van der Waals surface area contributed by atoms with E-state index in [-0.39, 0.29) is 18.8 Å². The van der Waals surface area contributed by atoms with Crippen molar-refractivity contribution in [1.29, 1.82) is 0 Å². The Morgan fingerprint density at radius 2 is 1.76 bits per heavy atom. The molecule has 0 heterocycles. The van der Waals surface area contributed by atoms with Gasteiger partial charge in [0.25, 0.3) is 0 Å². The number of carbonyl (C=O) groups is 1. The average molecular weight is 352 g/mol. The first kappa shape index (κ1) is 18.6. The van der Waals surface area contributed by atoms with Gasteiger partial charge in [-0.25, -0.2) is 4.79 Å². The molecular formula is C18H19F3N2O2. The van der Waals surface area contributed by atoms with Gasteiger partial charge in [-0.15, -0.1) is 0 Å². The maximum absolute atomic E-state index is 12.6. The van der Waals surface area contributed by atoms with E-state index in [1.165, 1.54) is 12.1 Å². The topological polar surface area (TPSA) is 50.4 Å². The van der Waals surface area contributed by atoms with Crippen LogP contribution in [0.25, 0.3) is 0 Å². The molecule has 4 nitrogen and oxygen atoms in total. The predicted octanol–water partition coefficient (Wildman–Crippen LogP) is 4.52. The van der Waals surface area contributed by atoms with Gasteiger partial charge in [0, 0.05) is 5.69 Å². The second-order valence-electron chi connectivity index (χ2n) is 5.63. The molecule has 0 bridgehead atoms. The monoisotopic (exact) mass is 352 g/mol. The van der Waals surface area contributed by atoms with E-state index in [0.29, 0.717) is 5.75 Å². The molecule has 0 unspecified atom stereocenters. The number of aryl methyl sites for hydroxylation is 2. The molecule has 2 amide bonds. The fourth-order valence-corrected chi connectivity index (χ4v) is 2.30. The van der Waals surface area contributed by atoms with Crippen LogP contribution in [-0.2, 0) is 6.18 Å². The number of nitrogens with one attached hydrogen (secondary N) is 2. The van der Waals surface area contributed by atoms with Crippen molar-refractivity contribution < 1.29 is 22.7 Å². The smallest absolute Gasteiger partial charge is 0.416 e. The third kappa shape index (κ3) is 6.02. The Morgan fingerprint density at radius 3 is 2.40 bits per heavy atom. The van der Waals surface area contributed by atoms with Crippen molar-refractivity contribution in [2.75, 3.05) is 18.5 Å². The molecule has 0 spiro atoms. The van der Waals surface area contributed by atoms with Crippen LogP contribution >= 0.6 is 0 Å². The number of hydrogen-bond donors (Lipinski definition) is 2. The average Bonchev–Trinajstić information content (AvgIpc) is 2.50. The molecule has 0 aliphatic heterocycles. The van der Waals surface area contributed by atoms with E-state index >= 15 is 0 Å². The van der Waals surface area contributed by atoms with E-state index in [0.717, 1.165) is 23.3 Å². The van der Waals surface area contributed by atoms with E-state index in [1.54, 1.807) is 0 Å². The van der Waals surface area contributed by atoms with Crippen molar-refractivity contribution in [3.8, 4) is 5.75 Å². The minimum atomic E-state index is -4.45. The summed E-state index contributed by atoms with van der Waals surface area (Å²) in [6, 6.07) is 9.65. The molecule has 25 heavy (non-hydrogen) atoms. The summed E-state index contributed by atoms with van der Waals surface area (Å²) in [5, 5.41) is 4.90. The number of hydrogen-bond acceptors (Lipinski definition) is 2. The second kappa shape index (κ2) is 7.92. The van der Waals surface area contributed by atoms with Gasteiger partial charge in [-0.1, -0.05) is 12.1 Å². The molecule has 0 radical (unpaired) electrons. The summed E-state index contributed by atoms with van der Waals surface area (Å²) in [6.07, 6.45) is -4.45. The molecule has 0 aliphatic rings. The first-order valence-corrected chi connectivity index (χ1v) is 7.67. The van der Waals surface area contributed by atoms with Gasteiger partial charge in [0.1, 0.15) is 12.4 Å². The van der Waals surface area contributed by atoms with Crippen molar-refractivity contribution in [2.24, 2.45) is 0 Å². The molecule has 2 rings (SSSR count). The number of rotatable bonds is 5. The highest BCUT2D eigenvalue weighted by atomic mass is 19.4. The molecule has 2 aromatic carbocycles. The second-order valence-corrected chi connectivity index (χ2v) is 5.63. The SMILES string of the molecule is Cc1cc(C)cc(OCCNC(=O)Nc2cccc(C(F)(F)F)c2)c1. The lowest BCUT2D eigenvalue weighted by molar-refractivity contribution is -0.137. The molecule has 7 heteroatoms. The molecule has 0 atom stereocenters. The number of benzene rings is 2. The third-order valence-electron chi connectivity index (χ3n) is 3.30. The standard InChI is InChI=1S/C18H19F3N2O2/c1-12-8-13(2)10-16(9-12)25-7-6-22-17(24)23-15-5-3-4-14(11-15)18(19,20)21/h3-5,8-11H,6-7H2,1-2H3,(H2,22,23,24). The van der Waals surface area contributed by atoms with Crippen LogP contribution in [0.5, 0.6) is 5.75 Å². The van der Waals surface area contributed by atoms with E-state index in [4.69, 9.17) is 4.74 Å². The maximum Gasteiger partial charge on any atom is 0.416 e. The zero-order valence-electron chi connectivity index (χ0n) is 13.9. The maximum atomic E-state index is 12.6. The molecule has 0 saturated heterocycles. The molecule has 0 fully saturated rings. The Balaban J connectivity index is 1.79. The lowest BCUT2D eigenvalue weighted by atomic mass is 10.1. The summed E-state index contributed by atoms with van der Waals surface area (Å²) in [6.45, 7) is 4.39. The highest BCUT2D eigenvalue weighted by molar-refractivity contribution is 5.89. The van der Waals surface area contributed by atoms with Crippen molar-refractivity contribution in [2.45, 2.75) is 20.0 Å². The molecule has 0 aromatic heterocycles. The van der Waals surface area contributed by atoms with Gasteiger partial charge in [-0.2, -0.15) is 13.2 Å². The van der Waals surface area contributed by atoms with E-state index in [9.17, 15) is 18.0 Å². The zero-order valence-corrected chi connectivity index (χ0v) is 13.9. The van der Waals surface area contributed by atoms with Crippen molar-refractivity contribution >= 4 is 11.7 Å². The molecule has 134 valence electrons. The van der Waals surface area contributed by atoms with Crippen LogP contribution in [0.15, 0.2) is 42.5 Å². The van der Waals surface area contributed by atoms with Crippen LogP contribution in [0.4, 0.5) is 23.7 Å². The Morgan fingerprint density at radius 1 is 1.08 bits per heavy atom. The number of ether oxygens (including phenoxy) is 1. The Hall–Kier alpha value is -2.70. The minimum Gasteiger partial charge on any atom is -0.492 e. The number of alkyl halides is 3. The van der Waals surface area contributed by atoms with Gasteiger partial charge in [0.2, 0.25) is 0 Å². The normalized spacial score (nSPS) is 11.1. The van der Waals surface area contributed by atoms with E-state index < -0.39 is 17.8 Å². The highest BCUT2D eigenvalue weighted by Gasteiger charge is 2.30. The van der Waals surface area contributed by atoms with Crippen molar-refractivity contribution in [3.63, 3.8) is 0 Å². The predicted molar refractivity (Wildman–Crippen MR) is 89.9 cm³/mol. The van der Waals surface area contributed by atoms with Crippen LogP contribution in [0, 0.1) is 13.8 Å². The van der Waals surface area contributed by atoms with Crippen LogP contribution < -0.4 is 15.4 Å². The fraction of sp³-hybridized carbons (Fsp3) is 0.278. The van der Waals surface area contributed by atoms with Gasteiger partial charge in [0.15, 0.2) is 0 Å².